The predicted molar refractivity (Wildman–Crippen MR) is 114 cm³/mol. The van der Waals surface area contributed by atoms with E-state index in [2.05, 4.69) is 20.4 Å². The van der Waals surface area contributed by atoms with Crippen molar-refractivity contribution in [1.29, 1.82) is 0 Å². The summed E-state index contributed by atoms with van der Waals surface area (Å²) in [6.07, 6.45) is -6.59. The average Bonchev–Trinajstić information content (AvgIpc) is 3.19. The van der Waals surface area contributed by atoms with Gasteiger partial charge in [0.2, 0.25) is 0 Å². The molecule has 0 bridgehead atoms. The smallest absolute Gasteiger partial charge is 0.367 e. The molecule has 0 spiro atoms. The number of carbonyl (C=O) groups excluding carboxylic acids is 1. The second-order valence-corrected chi connectivity index (χ2v) is 8.20. The zero-order valence-electron chi connectivity index (χ0n) is 18.9. The summed E-state index contributed by atoms with van der Waals surface area (Å²) in [6, 6.07) is 4.28. The summed E-state index contributed by atoms with van der Waals surface area (Å²) in [7, 11) is 1.54. The van der Waals surface area contributed by atoms with Crippen molar-refractivity contribution in [2.24, 2.45) is 7.05 Å². The number of nitrogens with one attached hydrogen (secondary N) is 1. The summed E-state index contributed by atoms with van der Waals surface area (Å²) in [4.78, 5) is 21.3. The fraction of sp³-hybridized carbons (Fsp3) is 0.364. The molecule has 14 heteroatoms. The van der Waals surface area contributed by atoms with E-state index >= 15 is 0 Å². The van der Waals surface area contributed by atoms with Crippen molar-refractivity contribution in [2.75, 3.05) is 18.4 Å². The molecular weight excluding hydrogens is 494 g/mol. The van der Waals surface area contributed by atoms with E-state index in [9.17, 15) is 31.1 Å². The fourth-order valence-electron chi connectivity index (χ4n) is 3.85. The van der Waals surface area contributed by atoms with E-state index in [1.54, 1.807) is 7.05 Å². The van der Waals surface area contributed by atoms with Crippen molar-refractivity contribution in [2.45, 2.75) is 31.4 Å². The number of ether oxygens (including phenoxy) is 1. The molecule has 2 atom stereocenters. The van der Waals surface area contributed by atoms with Gasteiger partial charge in [0.15, 0.2) is 11.4 Å². The molecule has 0 aliphatic carbocycles. The van der Waals surface area contributed by atoms with Crippen molar-refractivity contribution in [3.8, 4) is 11.1 Å². The Morgan fingerprint density at radius 2 is 1.89 bits per heavy atom. The molecule has 8 nitrogen and oxygen atoms in total. The summed E-state index contributed by atoms with van der Waals surface area (Å²) in [5.74, 6) is -1.37. The highest BCUT2D eigenvalue weighted by atomic mass is 19.4. The van der Waals surface area contributed by atoms with Gasteiger partial charge in [-0.2, -0.15) is 27.1 Å². The Balaban J connectivity index is 1.60. The lowest BCUT2D eigenvalue weighted by Gasteiger charge is -2.43. The first-order chi connectivity index (χ1) is 16.8. The zero-order valence-corrected chi connectivity index (χ0v) is 18.9. The maximum Gasteiger partial charge on any atom is 0.434 e. The molecule has 3 heterocycles. The number of aromatic nitrogens is 4. The first kappa shape index (κ1) is 25.4. The van der Waals surface area contributed by atoms with Crippen LogP contribution >= 0.6 is 0 Å². The van der Waals surface area contributed by atoms with E-state index in [0.29, 0.717) is 17.3 Å². The summed E-state index contributed by atoms with van der Waals surface area (Å²) in [5.41, 5.74) is -0.559. The minimum Gasteiger partial charge on any atom is -0.367 e. The van der Waals surface area contributed by atoms with Gasteiger partial charge in [0.1, 0.15) is 18.2 Å². The zero-order chi connectivity index (χ0) is 26.3. The number of carbonyl (C=O) groups is 1. The molecule has 0 unspecified atom stereocenters. The van der Waals surface area contributed by atoms with Gasteiger partial charge in [-0.15, -0.1) is 0 Å². The van der Waals surface area contributed by atoms with Crippen molar-refractivity contribution in [3.63, 3.8) is 0 Å². The number of morpholine rings is 1. The molecule has 36 heavy (non-hydrogen) atoms. The molecule has 192 valence electrons. The lowest BCUT2D eigenvalue weighted by molar-refractivity contribution is -0.298. The third-order valence-electron chi connectivity index (χ3n) is 5.54. The Labute approximate surface area is 200 Å². The third-order valence-corrected chi connectivity index (χ3v) is 5.54. The van der Waals surface area contributed by atoms with Gasteiger partial charge in [0.25, 0.3) is 5.91 Å². The largest absolute Gasteiger partial charge is 0.434 e. The lowest BCUT2D eigenvalue weighted by atomic mass is 10.0. The van der Waals surface area contributed by atoms with E-state index in [0.717, 1.165) is 11.1 Å². The van der Waals surface area contributed by atoms with Gasteiger partial charge in [-0.3, -0.25) is 9.48 Å². The van der Waals surface area contributed by atoms with Gasteiger partial charge in [-0.05, 0) is 24.6 Å². The molecular formula is C22H20F6N6O2. The predicted octanol–water partition coefficient (Wildman–Crippen LogP) is 3.97. The second kappa shape index (κ2) is 9.41. The van der Waals surface area contributed by atoms with Crippen LogP contribution in [-0.4, -0.2) is 61.9 Å². The van der Waals surface area contributed by atoms with E-state index in [1.165, 1.54) is 42.1 Å². The number of benzene rings is 1. The Morgan fingerprint density at radius 1 is 1.19 bits per heavy atom. The Bertz CT molecular complexity index is 1230. The van der Waals surface area contributed by atoms with Crippen LogP contribution < -0.4 is 5.32 Å². The number of halogens is 6. The lowest BCUT2D eigenvalue weighted by Crippen LogP contribution is -2.61. The molecule has 1 fully saturated rings. The summed E-state index contributed by atoms with van der Waals surface area (Å²) in [5, 5.41) is 6.86. The molecule has 1 aliphatic heterocycles. The van der Waals surface area contributed by atoms with Gasteiger partial charge < -0.3 is 15.0 Å². The summed E-state index contributed by atoms with van der Waals surface area (Å²) < 4.78 is 86.3. The normalized spacial score (nSPS) is 19.8. The fourth-order valence-corrected chi connectivity index (χ4v) is 3.85. The number of alkyl halides is 5. The van der Waals surface area contributed by atoms with Crippen LogP contribution in [-0.2, 0) is 18.0 Å². The Hall–Kier alpha value is -3.68. The van der Waals surface area contributed by atoms with Crippen LogP contribution in [0.15, 0.2) is 42.9 Å². The SMILES string of the molecule is C[C@@H]1OC(F)(F)CN(C(=O)c2nn(C)cc2-c2ccc(F)cc2)[C@@H]1CNc1cnc(C(F)(F)F)cn1. The van der Waals surface area contributed by atoms with Crippen LogP contribution in [0.1, 0.15) is 23.1 Å². The minimum atomic E-state index is -4.67. The van der Waals surface area contributed by atoms with Crippen LogP contribution in [0.25, 0.3) is 11.1 Å². The summed E-state index contributed by atoms with van der Waals surface area (Å²) in [6.45, 7) is 0.0832. The topological polar surface area (TPSA) is 85.2 Å². The third kappa shape index (κ3) is 5.42. The first-order valence-corrected chi connectivity index (χ1v) is 10.6. The molecule has 0 saturated carbocycles. The van der Waals surface area contributed by atoms with Gasteiger partial charge in [-0.25, -0.2) is 14.4 Å². The monoisotopic (exact) mass is 514 g/mol. The highest BCUT2D eigenvalue weighted by molar-refractivity contribution is 5.99. The van der Waals surface area contributed by atoms with Crippen LogP contribution in [0.5, 0.6) is 0 Å². The summed E-state index contributed by atoms with van der Waals surface area (Å²) >= 11 is 0. The van der Waals surface area contributed by atoms with Crippen molar-refractivity contribution >= 4 is 11.7 Å². The number of hydrogen-bond donors (Lipinski definition) is 1. The number of aryl methyl sites for hydroxylation is 1. The molecule has 3 aromatic rings. The van der Waals surface area contributed by atoms with Crippen molar-refractivity contribution in [3.05, 3.63) is 60.1 Å². The minimum absolute atomic E-state index is 0.0511. The van der Waals surface area contributed by atoms with Gasteiger partial charge in [0.05, 0.1) is 24.5 Å². The van der Waals surface area contributed by atoms with Gasteiger partial charge >= 0.3 is 12.3 Å². The van der Waals surface area contributed by atoms with Crippen molar-refractivity contribution in [1.82, 2.24) is 24.6 Å². The quantitative estimate of drug-likeness (QED) is 0.519. The molecule has 1 aromatic carbocycles. The van der Waals surface area contributed by atoms with Crippen LogP contribution in [0.4, 0.5) is 32.2 Å². The Morgan fingerprint density at radius 3 is 2.50 bits per heavy atom. The molecule has 2 aromatic heterocycles. The second-order valence-electron chi connectivity index (χ2n) is 8.20. The average molecular weight is 514 g/mol. The number of nitrogens with zero attached hydrogens (tertiary/aromatic N) is 5. The van der Waals surface area contributed by atoms with Crippen LogP contribution in [0, 0.1) is 5.82 Å². The van der Waals surface area contributed by atoms with Crippen LogP contribution in [0.3, 0.4) is 0 Å². The van der Waals surface area contributed by atoms with E-state index < -0.39 is 48.4 Å². The molecule has 1 saturated heterocycles. The van der Waals surface area contributed by atoms with Crippen molar-refractivity contribution < 1.29 is 35.9 Å². The number of anilines is 1. The van der Waals surface area contributed by atoms with E-state index in [4.69, 9.17) is 4.74 Å². The highest BCUT2D eigenvalue weighted by Gasteiger charge is 2.48. The molecule has 1 amide bonds. The molecule has 1 aliphatic rings. The van der Waals surface area contributed by atoms with Gasteiger partial charge in [0, 0.05) is 25.4 Å². The molecule has 1 N–H and O–H groups in total. The number of rotatable bonds is 5. The maximum atomic E-state index is 14.3. The first-order valence-electron chi connectivity index (χ1n) is 10.6. The maximum absolute atomic E-state index is 14.3. The van der Waals surface area contributed by atoms with E-state index in [-0.39, 0.29) is 18.1 Å². The molecule has 0 radical (unpaired) electrons. The standard InChI is InChI=1S/C22H20F6N6O2/c1-12-16(7-30-18-9-29-17(8-31-18)22(26,27)28)34(11-21(24,25)36-12)20(35)19-15(10-33(2)32-19)13-3-5-14(23)6-4-13/h3-6,8-10,12,16H,7,11H2,1-2H3,(H,30,31)/t12-,16+/m0/s1. The van der Waals surface area contributed by atoms with E-state index in [1.807, 2.05) is 0 Å². The molecule has 4 rings (SSSR count). The Kier molecular flexibility index (Phi) is 6.64. The number of amides is 1. The number of hydrogen-bond acceptors (Lipinski definition) is 6. The highest BCUT2D eigenvalue weighted by Crippen LogP contribution is 2.32. The van der Waals surface area contributed by atoms with Gasteiger partial charge in [-0.1, -0.05) is 12.1 Å². The van der Waals surface area contributed by atoms with Crippen LogP contribution in [0.2, 0.25) is 0 Å².